The molecule has 0 bridgehead atoms. The molecule has 0 aliphatic carbocycles. The molecule has 0 saturated carbocycles. The fourth-order valence-electron chi connectivity index (χ4n) is 3.35. The Morgan fingerprint density at radius 1 is 0.857 bits per heavy atom. The van der Waals surface area contributed by atoms with E-state index in [4.69, 9.17) is 18.9 Å². The number of benzene rings is 2. The van der Waals surface area contributed by atoms with Crippen molar-refractivity contribution >= 4 is 17.9 Å². The van der Waals surface area contributed by atoms with Crippen LogP contribution >= 0.6 is 0 Å². The maximum absolute atomic E-state index is 13.1. The highest BCUT2D eigenvalue weighted by Gasteiger charge is 2.17. The Morgan fingerprint density at radius 3 is 2.03 bits per heavy atom. The Labute approximate surface area is 207 Å². The molecule has 0 saturated heterocycles. The lowest BCUT2D eigenvalue weighted by molar-refractivity contribution is -0.117. The van der Waals surface area contributed by atoms with Crippen molar-refractivity contribution in [3.8, 4) is 23.0 Å². The molecule has 2 N–H and O–H groups in total. The van der Waals surface area contributed by atoms with E-state index in [9.17, 15) is 9.59 Å². The molecule has 9 nitrogen and oxygen atoms in total. The summed E-state index contributed by atoms with van der Waals surface area (Å²) in [6.07, 6.45) is 1.57. The second-order valence-electron chi connectivity index (χ2n) is 7.50. The van der Waals surface area contributed by atoms with Gasteiger partial charge >= 0.3 is 0 Å². The van der Waals surface area contributed by atoms with Crippen LogP contribution in [0, 0.1) is 0 Å². The molecule has 0 fully saturated rings. The van der Waals surface area contributed by atoms with Crippen LogP contribution in [0.25, 0.3) is 6.08 Å². The number of nitrogens with zero attached hydrogens (tertiary/aromatic N) is 1. The van der Waals surface area contributed by atoms with E-state index < -0.39 is 11.8 Å². The summed E-state index contributed by atoms with van der Waals surface area (Å²) in [5, 5.41) is 5.61. The Hall–Kier alpha value is -3.72. The van der Waals surface area contributed by atoms with E-state index in [0.717, 1.165) is 13.1 Å². The maximum atomic E-state index is 13.1. The average molecular weight is 486 g/mol. The molecule has 2 aromatic rings. The average Bonchev–Trinajstić information content (AvgIpc) is 2.90. The molecule has 0 aliphatic rings. The molecule has 2 amide bonds. The molecule has 35 heavy (non-hydrogen) atoms. The first kappa shape index (κ1) is 27.5. The number of likely N-dealkylation sites (N-methyl/N-ethyl adjacent to an activating group) is 1. The highest BCUT2D eigenvalue weighted by Crippen LogP contribution is 2.27. The van der Waals surface area contributed by atoms with E-state index in [1.807, 2.05) is 0 Å². The van der Waals surface area contributed by atoms with Crippen molar-refractivity contribution in [3.63, 3.8) is 0 Å². The van der Waals surface area contributed by atoms with Gasteiger partial charge in [0.1, 0.15) is 28.7 Å². The number of rotatable bonds is 13. The lowest BCUT2D eigenvalue weighted by Gasteiger charge is -2.18. The number of methoxy groups -OCH3 is 4. The van der Waals surface area contributed by atoms with Gasteiger partial charge in [-0.3, -0.25) is 9.59 Å². The highest BCUT2D eigenvalue weighted by atomic mass is 16.5. The summed E-state index contributed by atoms with van der Waals surface area (Å²) in [5.74, 6) is 1.12. The third kappa shape index (κ3) is 7.92. The molecule has 0 atom stereocenters. The molecule has 0 aliphatic heterocycles. The number of hydrogen-bond donors (Lipinski definition) is 2. The second-order valence-corrected chi connectivity index (χ2v) is 7.50. The molecule has 2 aromatic carbocycles. The highest BCUT2D eigenvalue weighted by molar-refractivity contribution is 6.05. The lowest BCUT2D eigenvalue weighted by atomic mass is 10.1. The molecular weight excluding hydrogens is 450 g/mol. The second kappa shape index (κ2) is 13.9. The largest absolute Gasteiger partial charge is 0.497 e. The molecule has 0 unspecified atom stereocenters. The van der Waals surface area contributed by atoms with Crippen LogP contribution in [0.15, 0.2) is 42.1 Å². The van der Waals surface area contributed by atoms with Gasteiger partial charge in [-0.05, 0) is 43.4 Å². The van der Waals surface area contributed by atoms with Gasteiger partial charge in [0.15, 0.2) is 0 Å². The van der Waals surface area contributed by atoms with Crippen LogP contribution in [-0.4, -0.2) is 71.3 Å². The van der Waals surface area contributed by atoms with Gasteiger partial charge in [0, 0.05) is 36.3 Å². The van der Waals surface area contributed by atoms with Gasteiger partial charge in [0.2, 0.25) is 0 Å². The molecule has 9 heteroatoms. The van der Waals surface area contributed by atoms with Crippen molar-refractivity contribution in [2.24, 2.45) is 0 Å². The van der Waals surface area contributed by atoms with E-state index in [0.29, 0.717) is 41.7 Å². The summed E-state index contributed by atoms with van der Waals surface area (Å²) in [6.45, 7) is 7.02. The minimum Gasteiger partial charge on any atom is -0.497 e. The zero-order valence-electron chi connectivity index (χ0n) is 21.3. The number of carbonyl (C=O) groups excluding carboxylic acids is 2. The van der Waals surface area contributed by atoms with Gasteiger partial charge in [-0.2, -0.15) is 0 Å². The maximum Gasteiger partial charge on any atom is 0.267 e. The number of amides is 2. The number of ether oxygens (including phenoxy) is 4. The topological polar surface area (TPSA) is 98.4 Å². The number of nitrogens with one attached hydrogen (secondary N) is 2. The molecule has 0 heterocycles. The van der Waals surface area contributed by atoms with Crippen LogP contribution in [-0.2, 0) is 4.79 Å². The summed E-state index contributed by atoms with van der Waals surface area (Å²) in [7, 11) is 6.08. The van der Waals surface area contributed by atoms with Crippen LogP contribution in [0.4, 0.5) is 0 Å². The summed E-state index contributed by atoms with van der Waals surface area (Å²) < 4.78 is 21.2. The van der Waals surface area contributed by atoms with Crippen LogP contribution in [0.1, 0.15) is 29.8 Å². The predicted octanol–water partition coefficient (Wildman–Crippen LogP) is 2.95. The quantitative estimate of drug-likeness (QED) is 0.421. The summed E-state index contributed by atoms with van der Waals surface area (Å²) in [5.41, 5.74) is 0.954. The monoisotopic (exact) mass is 485 g/mol. The van der Waals surface area contributed by atoms with Gasteiger partial charge in [-0.25, -0.2) is 0 Å². The molecular formula is C26H35N3O6. The first-order valence-corrected chi connectivity index (χ1v) is 11.4. The Morgan fingerprint density at radius 2 is 1.49 bits per heavy atom. The third-order valence-electron chi connectivity index (χ3n) is 5.45. The van der Waals surface area contributed by atoms with Crippen molar-refractivity contribution in [1.82, 2.24) is 15.5 Å². The van der Waals surface area contributed by atoms with Gasteiger partial charge in [-0.15, -0.1) is 0 Å². The fourth-order valence-corrected chi connectivity index (χ4v) is 3.35. The zero-order chi connectivity index (χ0) is 25.8. The smallest absolute Gasteiger partial charge is 0.267 e. The van der Waals surface area contributed by atoms with Gasteiger partial charge in [-0.1, -0.05) is 13.8 Å². The van der Waals surface area contributed by atoms with Gasteiger partial charge < -0.3 is 34.5 Å². The van der Waals surface area contributed by atoms with Crippen molar-refractivity contribution < 1.29 is 28.5 Å². The first-order chi connectivity index (χ1) is 16.9. The number of hydrogen-bond acceptors (Lipinski definition) is 7. The molecule has 190 valence electrons. The van der Waals surface area contributed by atoms with Crippen LogP contribution in [0.5, 0.6) is 23.0 Å². The number of carbonyl (C=O) groups is 2. The fraction of sp³-hybridized carbons (Fsp3) is 0.385. The minimum atomic E-state index is -0.486. The minimum absolute atomic E-state index is 0.0693. The molecule has 0 radical (unpaired) electrons. The normalized spacial score (nSPS) is 11.1. The van der Waals surface area contributed by atoms with Crippen molar-refractivity contribution in [2.45, 2.75) is 13.8 Å². The third-order valence-corrected chi connectivity index (χ3v) is 5.45. The van der Waals surface area contributed by atoms with Gasteiger partial charge in [0.25, 0.3) is 11.8 Å². The standard InChI is InChI=1S/C26H35N3O6/c1-7-29(8-2)12-11-27-26(31)23(15-18-9-10-20(32-3)17-24(18)35-6)28-25(30)19-13-21(33-4)16-22(14-19)34-5/h9-10,13-17H,7-8,11-12H2,1-6H3,(H,27,31)(H,28,30)/b23-15-. The van der Waals surface area contributed by atoms with Crippen LogP contribution < -0.4 is 29.6 Å². The summed E-state index contributed by atoms with van der Waals surface area (Å²) in [4.78, 5) is 28.4. The van der Waals surface area contributed by atoms with E-state index >= 15 is 0 Å². The van der Waals surface area contributed by atoms with E-state index in [2.05, 4.69) is 29.4 Å². The summed E-state index contributed by atoms with van der Waals surface area (Å²) in [6, 6.07) is 10.0. The molecule has 0 spiro atoms. The first-order valence-electron chi connectivity index (χ1n) is 11.4. The zero-order valence-corrected chi connectivity index (χ0v) is 21.3. The van der Waals surface area contributed by atoms with Gasteiger partial charge in [0.05, 0.1) is 28.4 Å². The molecule has 2 rings (SSSR count). The van der Waals surface area contributed by atoms with E-state index in [1.54, 1.807) is 49.6 Å². The summed E-state index contributed by atoms with van der Waals surface area (Å²) >= 11 is 0. The van der Waals surface area contributed by atoms with Crippen molar-refractivity contribution in [3.05, 3.63) is 53.2 Å². The Balaban J connectivity index is 2.37. The van der Waals surface area contributed by atoms with Crippen molar-refractivity contribution in [1.29, 1.82) is 0 Å². The lowest BCUT2D eigenvalue weighted by Crippen LogP contribution is -2.39. The van der Waals surface area contributed by atoms with Crippen LogP contribution in [0.2, 0.25) is 0 Å². The van der Waals surface area contributed by atoms with Crippen LogP contribution in [0.3, 0.4) is 0 Å². The Kier molecular flexibility index (Phi) is 10.9. The van der Waals surface area contributed by atoms with E-state index in [1.165, 1.54) is 21.3 Å². The van der Waals surface area contributed by atoms with E-state index in [-0.39, 0.29) is 11.3 Å². The Bertz CT molecular complexity index is 1010. The molecule has 0 aromatic heterocycles. The predicted molar refractivity (Wildman–Crippen MR) is 135 cm³/mol. The van der Waals surface area contributed by atoms with Crippen molar-refractivity contribution in [2.75, 3.05) is 54.6 Å². The SMILES string of the molecule is CCN(CC)CCNC(=O)/C(=C/c1ccc(OC)cc1OC)NC(=O)c1cc(OC)cc(OC)c1.